The van der Waals surface area contributed by atoms with E-state index < -0.39 is 34.4 Å². The maximum absolute atomic E-state index is 13.6. The lowest BCUT2D eigenvalue weighted by Crippen LogP contribution is -2.44. The third-order valence-electron chi connectivity index (χ3n) is 6.42. The van der Waals surface area contributed by atoms with Crippen LogP contribution in [0.2, 0.25) is 10.0 Å². The third kappa shape index (κ3) is 10.1. The summed E-state index contributed by atoms with van der Waals surface area (Å²) in [7, 11) is -4.19. The van der Waals surface area contributed by atoms with Crippen LogP contribution in [0.25, 0.3) is 0 Å². The van der Waals surface area contributed by atoms with Crippen molar-refractivity contribution in [1.29, 1.82) is 0 Å². The molecule has 0 bridgehead atoms. The molecule has 4 N–H and O–H groups in total. The highest BCUT2D eigenvalue weighted by Crippen LogP contribution is 2.32. The minimum absolute atomic E-state index is 0.00398. The Morgan fingerprint density at radius 3 is 2.23 bits per heavy atom. The monoisotopic (exact) mass is 661 g/mol. The van der Waals surface area contributed by atoms with Gasteiger partial charge in [0, 0.05) is 30.6 Å². The Kier molecular flexibility index (Phi) is 12.7. The molecule has 2 amide bonds. The number of oxime groups is 1. The largest absolute Gasteiger partial charge is 0.380 e. The summed E-state index contributed by atoms with van der Waals surface area (Å²) in [4.78, 5) is 40.4. The molecule has 0 aliphatic heterocycles. The predicted molar refractivity (Wildman–Crippen MR) is 169 cm³/mol. The van der Waals surface area contributed by atoms with E-state index in [1.807, 2.05) is 30.3 Å². The van der Waals surface area contributed by atoms with Gasteiger partial charge in [0.05, 0.1) is 18.1 Å². The van der Waals surface area contributed by atoms with Crippen molar-refractivity contribution < 1.29 is 27.6 Å². The van der Waals surface area contributed by atoms with Crippen LogP contribution in [-0.2, 0) is 42.1 Å². The number of hydrogen-bond acceptors (Lipinski definition) is 7. The first-order valence-electron chi connectivity index (χ1n) is 13.5. The fourth-order valence-corrected chi connectivity index (χ4v) is 6.15. The summed E-state index contributed by atoms with van der Waals surface area (Å²) in [5.74, 6) is -1.63. The Morgan fingerprint density at radius 2 is 1.57 bits per heavy atom. The Hall–Kier alpha value is -3.97. The van der Waals surface area contributed by atoms with Crippen LogP contribution in [0.15, 0.2) is 76.8 Å². The molecule has 0 saturated heterocycles. The Labute approximate surface area is 266 Å². The lowest BCUT2D eigenvalue weighted by atomic mass is 10.1. The summed E-state index contributed by atoms with van der Waals surface area (Å²) in [6.45, 7) is 2.26. The SMILES string of the molecule is CC(=O)ON=C(N)c1ccc(CCNC(=O)CNC(=O)CN(CCc2ccccc2)S(=O)(=O)c2ccc(Cl)c(C)c2Cl)cc1. The van der Waals surface area contributed by atoms with Gasteiger partial charge < -0.3 is 21.2 Å². The number of nitrogens with zero attached hydrogens (tertiary/aromatic N) is 2. The summed E-state index contributed by atoms with van der Waals surface area (Å²) >= 11 is 12.5. The van der Waals surface area contributed by atoms with Gasteiger partial charge in [-0.25, -0.2) is 13.2 Å². The summed E-state index contributed by atoms with van der Waals surface area (Å²) in [6, 6.07) is 19.0. The van der Waals surface area contributed by atoms with E-state index in [1.54, 1.807) is 31.2 Å². The van der Waals surface area contributed by atoms with Crippen LogP contribution in [0.1, 0.15) is 29.2 Å². The van der Waals surface area contributed by atoms with E-state index in [4.69, 9.17) is 28.9 Å². The topological polar surface area (TPSA) is 160 Å². The Morgan fingerprint density at radius 1 is 0.909 bits per heavy atom. The van der Waals surface area contributed by atoms with E-state index in [1.165, 1.54) is 19.1 Å². The Bertz CT molecular complexity index is 1620. The van der Waals surface area contributed by atoms with Crippen LogP contribution in [-0.4, -0.2) is 62.5 Å². The van der Waals surface area contributed by atoms with Crippen LogP contribution in [0.3, 0.4) is 0 Å². The summed E-state index contributed by atoms with van der Waals surface area (Å²) in [5, 5.41) is 9.03. The molecular formula is C30H33Cl2N5O6S. The quantitative estimate of drug-likeness (QED) is 0.103. The second kappa shape index (κ2) is 16.2. The van der Waals surface area contributed by atoms with Crippen molar-refractivity contribution in [2.45, 2.75) is 31.6 Å². The molecule has 0 fully saturated rings. The molecule has 3 aromatic carbocycles. The van der Waals surface area contributed by atoms with Gasteiger partial charge in [0.15, 0.2) is 5.84 Å². The summed E-state index contributed by atoms with van der Waals surface area (Å²) in [5.41, 5.74) is 8.53. The second-order valence-electron chi connectivity index (χ2n) is 9.69. The van der Waals surface area contributed by atoms with Gasteiger partial charge >= 0.3 is 5.97 Å². The van der Waals surface area contributed by atoms with Crippen molar-refractivity contribution in [2.75, 3.05) is 26.2 Å². The van der Waals surface area contributed by atoms with E-state index in [-0.39, 0.29) is 35.4 Å². The van der Waals surface area contributed by atoms with Crippen molar-refractivity contribution in [2.24, 2.45) is 10.9 Å². The number of rotatable bonds is 14. The number of halogens is 2. The van der Waals surface area contributed by atoms with Gasteiger partial charge in [-0.15, -0.1) is 0 Å². The number of amides is 2. The Balaban J connectivity index is 1.56. The van der Waals surface area contributed by atoms with E-state index in [9.17, 15) is 22.8 Å². The average Bonchev–Trinajstić information content (AvgIpc) is 3.00. The number of carbonyl (C=O) groups is 3. The molecule has 44 heavy (non-hydrogen) atoms. The first kappa shape index (κ1) is 34.5. The molecule has 14 heteroatoms. The standard InChI is InChI=1S/C30H33Cl2N5O6S/c1-20-25(31)12-13-26(29(20)32)44(41,42)37(17-15-22-6-4-3-5-7-22)19-28(40)35-18-27(39)34-16-14-23-8-10-24(11-9-23)30(33)36-43-21(2)38/h3-13H,14-19H2,1-2H3,(H2,33,36)(H,34,39)(H,35,40). The molecular weight excluding hydrogens is 629 g/mol. The lowest BCUT2D eigenvalue weighted by molar-refractivity contribution is -0.141. The van der Waals surface area contributed by atoms with Crippen molar-refractivity contribution in [3.63, 3.8) is 0 Å². The number of sulfonamides is 1. The molecule has 0 saturated carbocycles. The summed E-state index contributed by atoms with van der Waals surface area (Å²) in [6.07, 6.45) is 0.846. The first-order chi connectivity index (χ1) is 20.9. The van der Waals surface area contributed by atoms with Gasteiger partial charge in [0.2, 0.25) is 21.8 Å². The van der Waals surface area contributed by atoms with Crippen molar-refractivity contribution in [3.8, 4) is 0 Å². The van der Waals surface area contributed by atoms with E-state index >= 15 is 0 Å². The number of nitrogens with one attached hydrogen (secondary N) is 2. The van der Waals surface area contributed by atoms with E-state index in [0.29, 0.717) is 29.0 Å². The molecule has 0 atom stereocenters. The van der Waals surface area contributed by atoms with E-state index in [0.717, 1.165) is 15.4 Å². The normalized spacial score (nSPS) is 11.7. The molecule has 3 aromatic rings. The van der Waals surface area contributed by atoms with Gasteiger partial charge in [-0.05, 0) is 48.6 Å². The fourth-order valence-electron chi connectivity index (χ4n) is 3.97. The maximum atomic E-state index is 13.6. The zero-order valence-corrected chi connectivity index (χ0v) is 26.5. The average molecular weight is 663 g/mol. The zero-order chi connectivity index (χ0) is 32.3. The van der Waals surface area contributed by atoms with Gasteiger partial charge in [0.25, 0.3) is 0 Å². The number of carbonyl (C=O) groups excluding carboxylic acids is 3. The maximum Gasteiger partial charge on any atom is 0.332 e. The number of nitrogens with two attached hydrogens (primary N) is 1. The molecule has 0 unspecified atom stereocenters. The van der Waals surface area contributed by atoms with Gasteiger partial charge in [-0.3, -0.25) is 9.59 Å². The first-order valence-corrected chi connectivity index (χ1v) is 15.7. The molecule has 0 aromatic heterocycles. The minimum atomic E-state index is -4.19. The smallest absolute Gasteiger partial charge is 0.332 e. The molecule has 11 nitrogen and oxygen atoms in total. The minimum Gasteiger partial charge on any atom is -0.380 e. The van der Waals surface area contributed by atoms with Gasteiger partial charge in [-0.1, -0.05) is 83.0 Å². The van der Waals surface area contributed by atoms with Crippen molar-refractivity contribution in [1.82, 2.24) is 14.9 Å². The zero-order valence-electron chi connectivity index (χ0n) is 24.2. The van der Waals surface area contributed by atoms with E-state index in [2.05, 4.69) is 20.6 Å². The third-order valence-corrected chi connectivity index (χ3v) is 9.32. The molecule has 3 rings (SSSR count). The number of benzene rings is 3. The summed E-state index contributed by atoms with van der Waals surface area (Å²) < 4.78 is 28.3. The highest BCUT2D eigenvalue weighted by Gasteiger charge is 2.29. The lowest BCUT2D eigenvalue weighted by Gasteiger charge is -2.23. The van der Waals surface area contributed by atoms with Crippen LogP contribution in [0.4, 0.5) is 0 Å². The van der Waals surface area contributed by atoms with Gasteiger partial charge in [0.1, 0.15) is 4.90 Å². The molecule has 0 heterocycles. The molecule has 0 aliphatic rings. The number of amidine groups is 1. The highest BCUT2D eigenvalue weighted by molar-refractivity contribution is 7.89. The van der Waals surface area contributed by atoms with Crippen LogP contribution >= 0.6 is 23.2 Å². The van der Waals surface area contributed by atoms with Crippen LogP contribution in [0.5, 0.6) is 0 Å². The van der Waals surface area contributed by atoms with Crippen molar-refractivity contribution >= 4 is 56.8 Å². The predicted octanol–water partition coefficient (Wildman–Crippen LogP) is 3.19. The fraction of sp³-hybridized carbons (Fsp3) is 0.267. The molecule has 0 spiro atoms. The van der Waals surface area contributed by atoms with Gasteiger partial charge in [-0.2, -0.15) is 4.31 Å². The number of hydrogen-bond donors (Lipinski definition) is 3. The van der Waals surface area contributed by atoms with Crippen LogP contribution < -0.4 is 16.4 Å². The molecule has 0 aliphatic carbocycles. The molecule has 234 valence electrons. The van der Waals surface area contributed by atoms with Crippen LogP contribution in [0, 0.1) is 6.92 Å². The molecule has 0 radical (unpaired) electrons. The second-order valence-corrected chi connectivity index (χ2v) is 12.4. The van der Waals surface area contributed by atoms with Crippen molar-refractivity contribution in [3.05, 3.63) is 99.0 Å². The highest BCUT2D eigenvalue weighted by atomic mass is 35.5.